The highest BCUT2D eigenvalue weighted by molar-refractivity contribution is 5.81. The SMILES string of the molecule is CC(C)OC(=O)C12CCC(C1)O2. The zero-order chi connectivity index (χ0) is 8.77. The summed E-state index contributed by atoms with van der Waals surface area (Å²) in [6.07, 6.45) is 3.05. The Morgan fingerprint density at radius 3 is 2.75 bits per heavy atom. The van der Waals surface area contributed by atoms with Crippen molar-refractivity contribution in [3.8, 4) is 0 Å². The maximum atomic E-state index is 11.5. The lowest BCUT2D eigenvalue weighted by molar-refractivity contribution is -0.203. The molecule has 3 nitrogen and oxygen atoms in total. The van der Waals surface area contributed by atoms with Gasteiger partial charge in [-0.1, -0.05) is 0 Å². The number of rotatable bonds is 2. The summed E-state index contributed by atoms with van der Waals surface area (Å²) in [6, 6.07) is 0. The predicted molar refractivity (Wildman–Crippen MR) is 42.7 cm³/mol. The summed E-state index contributed by atoms with van der Waals surface area (Å²) in [5.74, 6) is -0.161. The Morgan fingerprint density at radius 2 is 2.33 bits per heavy atom. The van der Waals surface area contributed by atoms with Crippen LogP contribution in [0.15, 0.2) is 0 Å². The van der Waals surface area contributed by atoms with Gasteiger partial charge in [0.05, 0.1) is 12.2 Å². The van der Waals surface area contributed by atoms with Gasteiger partial charge in [0.15, 0.2) is 5.60 Å². The molecule has 2 heterocycles. The molecule has 12 heavy (non-hydrogen) atoms. The summed E-state index contributed by atoms with van der Waals surface area (Å²) in [7, 11) is 0. The van der Waals surface area contributed by atoms with E-state index in [-0.39, 0.29) is 12.1 Å². The third-order valence-corrected chi connectivity index (χ3v) is 2.53. The standard InChI is InChI=1S/C9H14O3/c1-6(2)11-8(10)9-4-3-7(5-9)12-9/h6-7H,3-5H2,1-2H3. The van der Waals surface area contributed by atoms with Gasteiger partial charge >= 0.3 is 5.97 Å². The van der Waals surface area contributed by atoms with E-state index < -0.39 is 5.60 Å². The molecule has 1 aliphatic carbocycles. The first-order valence-corrected chi connectivity index (χ1v) is 4.51. The molecule has 2 saturated heterocycles. The molecular formula is C9H14O3. The Kier molecular flexibility index (Phi) is 1.65. The molecule has 0 radical (unpaired) electrons. The second kappa shape index (κ2) is 2.46. The van der Waals surface area contributed by atoms with E-state index >= 15 is 0 Å². The van der Waals surface area contributed by atoms with Gasteiger partial charge in [-0.2, -0.15) is 0 Å². The molecule has 0 aromatic rings. The van der Waals surface area contributed by atoms with Crippen molar-refractivity contribution in [3.05, 3.63) is 0 Å². The van der Waals surface area contributed by atoms with Crippen molar-refractivity contribution >= 4 is 5.97 Å². The molecular weight excluding hydrogens is 156 g/mol. The first-order chi connectivity index (χ1) is 5.62. The minimum Gasteiger partial charge on any atom is -0.461 e. The zero-order valence-corrected chi connectivity index (χ0v) is 7.50. The van der Waals surface area contributed by atoms with Gasteiger partial charge in [-0.05, 0) is 26.7 Å². The number of carbonyl (C=O) groups is 1. The van der Waals surface area contributed by atoms with Crippen molar-refractivity contribution in [3.63, 3.8) is 0 Å². The minimum absolute atomic E-state index is 0.0323. The van der Waals surface area contributed by atoms with Crippen molar-refractivity contribution in [1.29, 1.82) is 0 Å². The number of fused-ring (bicyclic) bond motifs is 1. The highest BCUT2D eigenvalue weighted by Crippen LogP contribution is 2.47. The third-order valence-electron chi connectivity index (χ3n) is 2.53. The molecule has 0 amide bonds. The number of hydrogen-bond donors (Lipinski definition) is 0. The monoisotopic (exact) mass is 170 g/mol. The van der Waals surface area contributed by atoms with Crippen LogP contribution in [0.1, 0.15) is 33.1 Å². The van der Waals surface area contributed by atoms with Gasteiger partial charge in [-0.3, -0.25) is 0 Å². The molecule has 1 saturated carbocycles. The average Bonchev–Trinajstić information content (AvgIpc) is 2.38. The number of ether oxygens (including phenoxy) is 2. The van der Waals surface area contributed by atoms with Gasteiger partial charge in [0.25, 0.3) is 0 Å². The normalized spacial score (nSPS) is 38.1. The van der Waals surface area contributed by atoms with Crippen molar-refractivity contribution in [2.45, 2.75) is 50.9 Å². The molecule has 2 atom stereocenters. The minimum atomic E-state index is -0.533. The molecule has 68 valence electrons. The molecule has 3 fully saturated rings. The lowest BCUT2D eigenvalue weighted by Gasteiger charge is -2.36. The molecule has 3 aliphatic rings. The fourth-order valence-electron chi connectivity index (χ4n) is 1.95. The van der Waals surface area contributed by atoms with Gasteiger partial charge in [-0.25, -0.2) is 4.79 Å². The summed E-state index contributed by atoms with van der Waals surface area (Å²) < 4.78 is 10.5. The Labute approximate surface area is 72.0 Å². The summed E-state index contributed by atoms with van der Waals surface area (Å²) in [6.45, 7) is 3.72. The van der Waals surface area contributed by atoms with Crippen molar-refractivity contribution < 1.29 is 14.3 Å². The zero-order valence-electron chi connectivity index (χ0n) is 7.50. The summed E-state index contributed by atoms with van der Waals surface area (Å²) in [5.41, 5.74) is -0.533. The molecule has 2 bridgehead atoms. The lowest BCUT2D eigenvalue weighted by atomic mass is 9.98. The van der Waals surface area contributed by atoms with E-state index in [0.29, 0.717) is 6.10 Å². The molecule has 3 heteroatoms. The number of esters is 1. The van der Waals surface area contributed by atoms with E-state index in [2.05, 4.69) is 0 Å². The quantitative estimate of drug-likeness (QED) is 0.585. The predicted octanol–water partition coefficient (Wildman–Crippen LogP) is 1.26. The Bertz CT molecular complexity index is 198. The van der Waals surface area contributed by atoms with Gasteiger partial charge in [0.1, 0.15) is 0 Å². The molecule has 0 N–H and O–H groups in total. The van der Waals surface area contributed by atoms with Crippen LogP contribution >= 0.6 is 0 Å². The van der Waals surface area contributed by atoms with Crippen LogP contribution in [0.25, 0.3) is 0 Å². The Hall–Kier alpha value is -0.570. The van der Waals surface area contributed by atoms with E-state index in [1.54, 1.807) is 0 Å². The molecule has 2 aliphatic heterocycles. The number of carbonyl (C=O) groups excluding carboxylic acids is 1. The first kappa shape index (κ1) is 8.05. The van der Waals surface area contributed by atoms with Crippen molar-refractivity contribution in [2.75, 3.05) is 0 Å². The largest absolute Gasteiger partial charge is 0.461 e. The van der Waals surface area contributed by atoms with Crippen LogP contribution in [0.5, 0.6) is 0 Å². The Balaban J connectivity index is 1.96. The van der Waals surface area contributed by atoms with Gasteiger partial charge in [0, 0.05) is 6.42 Å². The summed E-state index contributed by atoms with van der Waals surface area (Å²) in [5, 5.41) is 0. The van der Waals surface area contributed by atoms with Crippen LogP contribution in [0.4, 0.5) is 0 Å². The van der Waals surface area contributed by atoms with Gasteiger partial charge < -0.3 is 9.47 Å². The number of hydrogen-bond acceptors (Lipinski definition) is 3. The van der Waals surface area contributed by atoms with Crippen LogP contribution in [0, 0.1) is 0 Å². The van der Waals surface area contributed by atoms with E-state index in [4.69, 9.17) is 9.47 Å². The van der Waals surface area contributed by atoms with Crippen molar-refractivity contribution in [2.24, 2.45) is 0 Å². The maximum absolute atomic E-state index is 11.5. The summed E-state index contributed by atoms with van der Waals surface area (Å²) >= 11 is 0. The topological polar surface area (TPSA) is 35.5 Å². The fourth-order valence-corrected chi connectivity index (χ4v) is 1.95. The van der Waals surface area contributed by atoms with E-state index in [0.717, 1.165) is 19.3 Å². The molecule has 3 rings (SSSR count). The van der Waals surface area contributed by atoms with Crippen LogP contribution in [-0.4, -0.2) is 23.8 Å². The second-order valence-electron chi connectivity index (χ2n) is 3.93. The smallest absolute Gasteiger partial charge is 0.338 e. The van der Waals surface area contributed by atoms with Crippen LogP contribution in [0.3, 0.4) is 0 Å². The van der Waals surface area contributed by atoms with Gasteiger partial charge in [-0.15, -0.1) is 0 Å². The third kappa shape index (κ3) is 1.04. The van der Waals surface area contributed by atoms with Gasteiger partial charge in [0.2, 0.25) is 0 Å². The van der Waals surface area contributed by atoms with Crippen LogP contribution < -0.4 is 0 Å². The second-order valence-corrected chi connectivity index (χ2v) is 3.93. The van der Waals surface area contributed by atoms with E-state index in [9.17, 15) is 4.79 Å². The Morgan fingerprint density at radius 1 is 1.67 bits per heavy atom. The average molecular weight is 170 g/mol. The van der Waals surface area contributed by atoms with Crippen molar-refractivity contribution in [1.82, 2.24) is 0 Å². The molecule has 0 aromatic carbocycles. The van der Waals surface area contributed by atoms with Crippen LogP contribution in [0.2, 0.25) is 0 Å². The fraction of sp³-hybridized carbons (Fsp3) is 0.889. The maximum Gasteiger partial charge on any atom is 0.338 e. The molecule has 0 aromatic heterocycles. The van der Waals surface area contributed by atoms with E-state index in [1.165, 1.54) is 0 Å². The van der Waals surface area contributed by atoms with Crippen LogP contribution in [-0.2, 0) is 14.3 Å². The molecule has 0 spiro atoms. The highest BCUT2D eigenvalue weighted by Gasteiger charge is 2.58. The lowest BCUT2D eigenvalue weighted by Crippen LogP contribution is -2.50. The highest BCUT2D eigenvalue weighted by atomic mass is 16.6. The van der Waals surface area contributed by atoms with E-state index in [1.807, 2.05) is 13.8 Å². The summed E-state index contributed by atoms with van der Waals surface area (Å²) in [4.78, 5) is 11.5. The first-order valence-electron chi connectivity index (χ1n) is 4.51. The molecule has 2 unspecified atom stereocenters.